The van der Waals surface area contributed by atoms with E-state index >= 15 is 0 Å². The molecule has 0 aromatic carbocycles. The van der Waals surface area contributed by atoms with Gasteiger partial charge in [0.1, 0.15) is 0 Å². The molecule has 0 N–H and O–H groups in total. The van der Waals surface area contributed by atoms with Gasteiger partial charge in [0, 0.05) is 19.8 Å². The SMILES string of the molecule is CCCOC/C=C(\C)CC/C=C(\C)CCC=C(C)C.CCCOCCC(C)CCCC(C)CCCC(C)C. The molecule has 226 valence electrons. The Bertz CT molecular complexity index is 580. The van der Waals surface area contributed by atoms with Crippen LogP contribution in [0, 0.1) is 17.8 Å². The van der Waals surface area contributed by atoms with Crippen LogP contribution in [0.3, 0.4) is 0 Å². The second kappa shape index (κ2) is 29.1. The van der Waals surface area contributed by atoms with E-state index in [-0.39, 0.29) is 0 Å². The van der Waals surface area contributed by atoms with Crippen LogP contribution in [-0.4, -0.2) is 26.4 Å². The first-order valence-electron chi connectivity index (χ1n) is 16.2. The van der Waals surface area contributed by atoms with Gasteiger partial charge in [0.25, 0.3) is 0 Å². The second-order valence-corrected chi connectivity index (χ2v) is 12.4. The van der Waals surface area contributed by atoms with Crippen molar-refractivity contribution in [2.45, 2.75) is 153 Å². The zero-order valence-corrected chi connectivity index (χ0v) is 27.8. The number of hydrogen-bond acceptors (Lipinski definition) is 2. The lowest BCUT2D eigenvalue weighted by molar-refractivity contribution is 0.121. The average Bonchev–Trinajstić information content (AvgIpc) is 2.84. The van der Waals surface area contributed by atoms with Crippen molar-refractivity contribution in [3.05, 3.63) is 34.9 Å². The number of hydrogen-bond donors (Lipinski definition) is 0. The topological polar surface area (TPSA) is 18.5 Å². The van der Waals surface area contributed by atoms with Crippen LogP contribution in [-0.2, 0) is 9.47 Å². The summed E-state index contributed by atoms with van der Waals surface area (Å²) in [6.45, 7) is 26.0. The van der Waals surface area contributed by atoms with Gasteiger partial charge in [-0.2, -0.15) is 0 Å². The summed E-state index contributed by atoms with van der Waals surface area (Å²) in [7, 11) is 0. The highest BCUT2D eigenvalue weighted by Crippen LogP contribution is 2.20. The molecule has 0 aliphatic rings. The number of ether oxygens (including phenoxy) is 2. The van der Waals surface area contributed by atoms with E-state index < -0.39 is 0 Å². The van der Waals surface area contributed by atoms with Crippen LogP contribution in [0.1, 0.15) is 153 Å². The molecule has 0 amide bonds. The Labute approximate surface area is 241 Å². The summed E-state index contributed by atoms with van der Waals surface area (Å²) in [5.74, 6) is 2.62. The van der Waals surface area contributed by atoms with Gasteiger partial charge in [-0.25, -0.2) is 0 Å². The van der Waals surface area contributed by atoms with Crippen molar-refractivity contribution in [1.29, 1.82) is 0 Å². The Morgan fingerprint density at radius 1 is 0.579 bits per heavy atom. The van der Waals surface area contributed by atoms with E-state index in [1.165, 1.54) is 74.5 Å². The van der Waals surface area contributed by atoms with Crippen LogP contribution in [0.2, 0.25) is 0 Å². The molecule has 2 heteroatoms. The van der Waals surface area contributed by atoms with Gasteiger partial charge in [0.15, 0.2) is 0 Å². The predicted octanol–water partition coefficient (Wildman–Crippen LogP) is 11.9. The van der Waals surface area contributed by atoms with Crippen molar-refractivity contribution in [2.24, 2.45) is 17.8 Å². The maximum Gasteiger partial charge on any atom is 0.0649 e. The van der Waals surface area contributed by atoms with E-state index in [1.54, 1.807) is 0 Å². The normalized spacial score (nSPS) is 13.8. The Kier molecular flexibility index (Phi) is 30.1. The first kappa shape index (κ1) is 39.3. The molecule has 2 nitrogen and oxygen atoms in total. The van der Waals surface area contributed by atoms with Gasteiger partial charge in [-0.05, 0) is 90.4 Å². The standard InChI is InChI=1S/C18H38O.C18H32O/c2*1-6-14-19-15-13-18(5)12-8-11-17(4)10-7-9-16(2)3/h16-18H,6-15H2,1-5H3;9,11,13H,6-8,10,12,14-15H2,1-5H3/b;17-11+,18-13+. The molecule has 0 bridgehead atoms. The molecule has 0 aliphatic carbocycles. The maximum atomic E-state index is 5.56. The van der Waals surface area contributed by atoms with Crippen molar-refractivity contribution in [1.82, 2.24) is 0 Å². The smallest absolute Gasteiger partial charge is 0.0649 e. The number of allylic oxidation sites excluding steroid dienone is 5. The van der Waals surface area contributed by atoms with Crippen LogP contribution in [0.5, 0.6) is 0 Å². The summed E-state index contributed by atoms with van der Waals surface area (Å²) in [6, 6.07) is 0. The molecular weight excluding hydrogens is 464 g/mol. The molecule has 0 radical (unpaired) electrons. The van der Waals surface area contributed by atoms with E-state index in [4.69, 9.17) is 9.47 Å². The Morgan fingerprint density at radius 3 is 1.63 bits per heavy atom. The third-order valence-corrected chi connectivity index (χ3v) is 7.00. The monoisotopic (exact) mass is 535 g/mol. The highest BCUT2D eigenvalue weighted by Gasteiger charge is 2.06. The fourth-order valence-corrected chi connectivity index (χ4v) is 4.28. The van der Waals surface area contributed by atoms with Crippen molar-refractivity contribution in [3.8, 4) is 0 Å². The van der Waals surface area contributed by atoms with Gasteiger partial charge in [0.05, 0.1) is 6.61 Å². The Balaban J connectivity index is 0. The minimum absolute atomic E-state index is 0.767. The lowest BCUT2D eigenvalue weighted by atomic mass is 9.93. The van der Waals surface area contributed by atoms with E-state index in [9.17, 15) is 0 Å². The summed E-state index contributed by atoms with van der Waals surface area (Å²) >= 11 is 0. The third-order valence-electron chi connectivity index (χ3n) is 7.00. The average molecular weight is 535 g/mol. The second-order valence-electron chi connectivity index (χ2n) is 12.4. The lowest BCUT2D eigenvalue weighted by Crippen LogP contribution is -2.04. The molecule has 0 aromatic heterocycles. The van der Waals surface area contributed by atoms with Gasteiger partial charge in [-0.1, -0.05) is 115 Å². The minimum atomic E-state index is 0.767. The molecule has 0 spiro atoms. The van der Waals surface area contributed by atoms with Crippen molar-refractivity contribution >= 4 is 0 Å². The molecule has 0 aromatic rings. The fraction of sp³-hybridized carbons (Fsp3) is 0.833. The Morgan fingerprint density at radius 2 is 1.08 bits per heavy atom. The van der Waals surface area contributed by atoms with Crippen molar-refractivity contribution in [3.63, 3.8) is 0 Å². The zero-order chi connectivity index (χ0) is 29.0. The predicted molar refractivity (Wildman–Crippen MR) is 173 cm³/mol. The van der Waals surface area contributed by atoms with E-state index in [0.29, 0.717) is 0 Å². The number of rotatable bonds is 23. The molecule has 0 fully saturated rings. The summed E-state index contributed by atoms with van der Waals surface area (Å²) in [4.78, 5) is 0. The van der Waals surface area contributed by atoms with Gasteiger partial charge in [-0.15, -0.1) is 0 Å². The molecule has 2 unspecified atom stereocenters. The first-order chi connectivity index (χ1) is 18.1. The Hall–Kier alpha value is -0.860. The van der Waals surface area contributed by atoms with Crippen LogP contribution in [0.4, 0.5) is 0 Å². The van der Waals surface area contributed by atoms with Gasteiger partial charge in [0.2, 0.25) is 0 Å². The molecular formula is C36H70O2. The minimum Gasteiger partial charge on any atom is -0.381 e. The van der Waals surface area contributed by atoms with Crippen LogP contribution in [0.25, 0.3) is 0 Å². The van der Waals surface area contributed by atoms with Gasteiger partial charge < -0.3 is 9.47 Å². The summed E-state index contributed by atoms with van der Waals surface area (Å²) in [5.41, 5.74) is 4.36. The molecule has 2 atom stereocenters. The van der Waals surface area contributed by atoms with E-state index in [0.717, 1.165) is 69.9 Å². The van der Waals surface area contributed by atoms with Crippen LogP contribution in [0.15, 0.2) is 34.9 Å². The zero-order valence-electron chi connectivity index (χ0n) is 27.8. The molecule has 38 heavy (non-hydrogen) atoms. The lowest BCUT2D eigenvalue weighted by Gasteiger charge is -2.15. The molecule has 0 saturated heterocycles. The summed E-state index contributed by atoms with van der Waals surface area (Å²) < 4.78 is 11.0. The van der Waals surface area contributed by atoms with E-state index in [2.05, 4.69) is 87.5 Å². The largest absolute Gasteiger partial charge is 0.381 e. The molecule has 0 aliphatic heterocycles. The highest BCUT2D eigenvalue weighted by atomic mass is 16.5. The molecule has 0 rings (SSSR count). The van der Waals surface area contributed by atoms with E-state index in [1.807, 2.05) is 0 Å². The quantitative estimate of drug-likeness (QED) is 0.0958. The van der Waals surface area contributed by atoms with Gasteiger partial charge in [-0.3, -0.25) is 0 Å². The highest BCUT2D eigenvalue weighted by molar-refractivity contribution is 5.05. The molecule has 0 heterocycles. The third kappa shape index (κ3) is 33.2. The van der Waals surface area contributed by atoms with Crippen molar-refractivity contribution < 1.29 is 9.47 Å². The fourth-order valence-electron chi connectivity index (χ4n) is 4.28. The molecule has 0 saturated carbocycles. The van der Waals surface area contributed by atoms with Crippen molar-refractivity contribution in [2.75, 3.05) is 26.4 Å². The first-order valence-corrected chi connectivity index (χ1v) is 16.2. The maximum absolute atomic E-state index is 5.56. The summed E-state index contributed by atoms with van der Waals surface area (Å²) in [5, 5.41) is 0. The van der Waals surface area contributed by atoms with Crippen LogP contribution >= 0.6 is 0 Å². The summed E-state index contributed by atoms with van der Waals surface area (Å²) in [6.07, 6.45) is 23.5. The van der Waals surface area contributed by atoms with Crippen LogP contribution < -0.4 is 0 Å². The van der Waals surface area contributed by atoms with Gasteiger partial charge >= 0.3 is 0 Å².